The van der Waals surface area contributed by atoms with Crippen LogP contribution in [-0.2, 0) is 11.3 Å². The van der Waals surface area contributed by atoms with Gasteiger partial charge in [0.1, 0.15) is 0 Å². The molecule has 0 aliphatic rings. The van der Waals surface area contributed by atoms with Gasteiger partial charge in [-0.3, -0.25) is 4.99 Å². The topological polar surface area (TPSA) is 64.1 Å². The van der Waals surface area contributed by atoms with Gasteiger partial charge in [-0.25, -0.2) is 0 Å². The van der Waals surface area contributed by atoms with Crippen LogP contribution in [0.2, 0.25) is 0 Å². The lowest BCUT2D eigenvalue weighted by Crippen LogP contribution is -2.39. The molecule has 0 bridgehead atoms. The van der Waals surface area contributed by atoms with Crippen LogP contribution in [0.5, 0.6) is 11.5 Å². The number of hydrogen-bond donors (Lipinski definition) is 2. The minimum Gasteiger partial charge on any atom is -0.493 e. The van der Waals surface area contributed by atoms with Gasteiger partial charge in [0.2, 0.25) is 0 Å². The Bertz CT molecular complexity index is 539. The molecular weight excluding hydrogens is 445 g/mol. The highest BCUT2D eigenvalue weighted by Gasteiger charge is 2.13. The summed E-state index contributed by atoms with van der Waals surface area (Å²) in [6.07, 6.45) is 1.20. The number of aliphatic imine (C=N–C) groups is 1. The molecule has 6 nitrogen and oxygen atoms in total. The van der Waals surface area contributed by atoms with Crippen LogP contribution < -0.4 is 20.1 Å². The van der Waals surface area contributed by atoms with Crippen molar-refractivity contribution < 1.29 is 14.2 Å². The molecule has 1 aromatic carbocycles. The molecule has 0 radical (unpaired) electrons. The molecule has 0 fully saturated rings. The molecule has 0 saturated carbocycles. The lowest BCUT2D eigenvalue weighted by atomic mass is 10.0. The smallest absolute Gasteiger partial charge is 0.191 e. The summed E-state index contributed by atoms with van der Waals surface area (Å²) in [5.41, 5.74) is 1.01. The molecule has 0 aliphatic heterocycles. The van der Waals surface area contributed by atoms with Gasteiger partial charge in [-0.2, -0.15) is 0 Å². The molecule has 0 aromatic heterocycles. The lowest BCUT2D eigenvalue weighted by molar-refractivity contribution is 0.0258. The lowest BCUT2D eigenvalue weighted by Gasteiger charge is -2.21. The quantitative estimate of drug-likeness (QED) is 0.306. The second-order valence-electron chi connectivity index (χ2n) is 6.03. The minimum atomic E-state index is 0. The molecule has 0 saturated heterocycles. The van der Waals surface area contributed by atoms with Crippen LogP contribution in [0.25, 0.3) is 0 Å². The fraction of sp³-hybridized carbons (Fsp3) is 0.632. The number of nitrogens with zero attached hydrogens (tertiary/aromatic N) is 1. The summed E-state index contributed by atoms with van der Waals surface area (Å²) >= 11 is 0. The molecule has 0 heterocycles. The van der Waals surface area contributed by atoms with Crippen LogP contribution >= 0.6 is 24.0 Å². The summed E-state index contributed by atoms with van der Waals surface area (Å²) in [6.45, 7) is 8.54. The van der Waals surface area contributed by atoms with Crippen molar-refractivity contribution in [3.8, 4) is 11.5 Å². The predicted octanol–water partition coefficient (Wildman–Crippen LogP) is 3.44. The summed E-state index contributed by atoms with van der Waals surface area (Å²) in [7, 11) is 5.05. The highest BCUT2D eigenvalue weighted by atomic mass is 127. The zero-order chi connectivity index (χ0) is 18.7. The Morgan fingerprint density at radius 3 is 2.42 bits per heavy atom. The van der Waals surface area contributed by atoms with E-state index in [-0.39, 0.29) is 30.1 Å². The zero-order valence-electron chi connectivity index (χ0n) is 16.8. The van der Waals surface area contributed by atoms with Crippen LogP contribution in [0.3, 0.4) is 0 Å². The van der Waals surface area contributed by atoms with Crippen molar-refractivity contribution in [3.05, 3.63) is 23.8 Å². The van der Waals surface area contributed by atoms with Gasteiger partial charge < -0.3 is 24.8 Å². The van der Waals surface area contributed by atoms with Crippen molar-refractivity contribution in [2.24, 2.45) is 10.9 Å². The van der Waals surface area contributed by atoms with Gasteiger partial charge in [-0.05, 0) is 25.3 Å². The monoisotopic (exact) mass is 479 g/mol. The molecule has 7 heteroatoms. The van der Waals surface area contributed by atoms with Gasteiger partial charge in [-0.15, -0.1) is 24.0 Å². The van der Waals surface area contributed by atoms with Gasteiger partial charge >= 0.3 is 0 Å². The van der Waals surface area contributed by atoms with Crippen LogP contribution in [0, 0.1) is 5.92 Å². The number of rotatable bonds is 10. The summed E-state index contributed by atoms with van der Waals surface area (Å²) in [5.74, 6) is 2.71. The van der Waals surface area contributed by atoms with Crippen molar-refractivity contribution in [1.82, 2.24) is 10.6 Å². The van der Waals surface area contributed by atoms with Crippen LogP contribution in [0.15, 0.2) is 23.2 Å². The van der Waals surface area contributed by atoms with Crippen molar-refractivity contribution in [2.45, 2.75) is 39.8 Å². The Labute approximate surface area is 175 Å². The predicted molar refractivity (Wildman–Crippen MR) is 118 cm³/mol. The average molecular weight is 479 g/mol. The largest absolute Gasteiger partial charge is 0.493 e. The molecule has 26 heavy (non-hydrogen) atoms. The van der Waals surface area contributed by atoms with E-state index >= 15 is 0 Å². The molecule has 1 rings (SSSR count). The Kier molecular flexibility index (Phi) is 13.3. The fourth-order valence-corrected chi connectivity index (χ4v) is 2.65. The molecule has 150 valence electrons. The zero-order valence-corrected chi connectivity index (χ0v) is 19.1. The Morgan fingerprint density at radius 2 is 1.88 bits per heavy atom. The van der Waals surface area contributed by atoms with E-state index in [1.165, 1.54) is 0 Å². The van der Waals surface area contributed by atoms with Gasteiger partial charge in [0.25, 0.3) is 0 Å². The van der Waals surface area contributed by atoms with Crippen molar-refractivity contribution >= 4 is 29.9 Å². The van der Waals surface area contributed by atoms with E-state index in [4.69, 9.17) is 14.2 Å². The maximum atomic E-state index is 5.77. The van der Waals surface area contributed by atoms with Crippen molar-refractivity contribution in [1.29, 1.82) is 0 Å². The van der Waals surface area contributed by atoms with Gasteiger partial charge in [0.05, 0.1) is 20.3 Å². The van der Waals surface area contributed by atoms with E-state index in [0.717, 1.165) is 42.6 Å². The van der Waals surface area contributed by atoms with Crippen LogP contribution in [0.4, 0.5) is 0 Å². The van der Waals surface area contributed by atoms with E-state index in [1.54, 1.807) is 21.3 Å². The standard InChI is InChI=1S/C19H33N3O3.HI/c1-7-25-16(14(2)3)11-12-21-19(20-4)22-13-15-9-8-10-17(23-5)18(15)24-6;/h8-10,14,16H,7,11-13H2,1-6H3,(H2,20,21,22);1H. The second kappa shape index (κ2) is 13.9. The number of methoxy groups -OCH3 is 2. The van der Waals surface area contributed by atoms with E-state index < -0.39 is 0 Å². The second-order valence-corrected chi connectivity index (χ2v) is 6.03. The average Bonchev–Trinajstić information content (AvgIpc) is 2.62. The first-order valence-corrected chi connectivity index (χ1v) is 8.83. The highest BCUT2D eigenvalue weighted by molar-refractivity contribution is 14.0. The normalized spacial score (nSPS) is 12.3. The van der Waals surface area contributed by atoms with E-state index in [9.17, 15) is 0 Å². The SMILES string of the molecule is CCOC(CCNC(=NC)NCc1cccc(OC)c1OC)C(C)C.I. The third-order valence-corrected chi connectivity index (χ3v) is 4.00. The third kappa shape index (κ3) is 7.99. The van der Waals surface area contributed by atoms with Crippen LogP contribution in [0.1, 0.15) is 32.8 Å². The first-order chi connectivity index (χ1) is 12.1. The van der Waals surface area contributed by atoms with E-state index in [1.807, 2.05) is 25.1 Å². The molecular formula is C19H34IN3O3. The first kappa shape index (κ1) is 24.8. The minimum absolute atomic E-state index is 0. The fourth-order valence-electron chi connectivity index (χ4n) is 2.65. The van der Waals surface area contributed by atoms with Crippen LogP contribution in [-0.4, -0.2) is 46.5 Å². The van der Waals surface area contributed by atoms with Crippen molar-refractivity contribution in [2.75, 3.05) is 34.4 Å². The Hall–Kier alpha value is -1.22. The first-order valence-electron chi connectivity index (χ1n) is 8.83. The number of ether oxygens (including phenoxy) is 3. The maximum Gasteiger partial charge on any atom is 0.191 e. The number of hydrogen-bond acceptors (Lipinski definition) is 4. The van der Waals surface area contributed by atoms with Gasteiger partial charge in [0, 0.05) is 32.3 Å². The summed E-state index contributed by atoms with van der Waals surface area (Å²) in [4.78, 5) is 4.27. The number of nitrogens with one attached hydrogen (secondary N) is 2. The number of halogens is 1. The number of benzene rings is 1. The molecule has 2 N–H and O–H groups in total. The molecule has 1 atom stereocenters. The molecule has 1 aromatic rings. The Balaban J connectivity index is 0.00000625. The number of para-hydroxylation sites is 1. The van der Waals surface area contributed by atoms with Crippen molar-refractivity contribution in [3.63, 3.8) is 0 Å². The summed E-state index contributed by atoms with van der Waals surface area (Å²) < 4.78 is 16.6. The van der Waals surface area contributed by atoms with E-state index in [0.29, 0.717) is 12.5 Å². The summed E-state index contributed by atoms with van der Waals surface area (Å²) in [6, 6.07) is 5.84. The summed E-state index contributed by atoms with van der Waals surface area (Å²) in [5, 5.41) is 6.65. The highest BCUT2D eigenvalue weighted by Crippen LogP contribution is 2.30. The molecule has 0 aliphatic carbocycles. The Morgan fingerprint density at radius 1 is 1.15 bits per heavy atom. The number of guanidine groups is 1. The van der Waals surface area contributed by atoms with Gasteiger partial charge in [-0.1, -0.05) is 26.0 Å². The molecule has 1 unspecified atom stereocenters. The molecule has 0 amide bonds. The van der Waals surface area contributed by atoms with E-state index in [2.05, 4.69) is 29.5 Å². The molecule has 0 spiro atoms. The maximum absolute atomic E-state index is 5.77. The van der Waals surface area contributed by atoms with Gasteiger partial charge in [0.15, 0.2) is 17.5 Å². The third-order valence-electron chi connectivity index (χ3n) is 4.00.